The van der Waals surface area contributed by atoms with Gasteiger partial charge < -0.3 is 20.2 Å². The van der Waals surface area contributed by atoms with Gasteiger partial charge in [0.2, 0.25) is 11.8 Å². The molecule has 3 aliphatic rings. The van der Waals surface area contributed by atoms with Gasteiger partial charge in [-0.1, -0.05) is 0 Å². The van der Waals surface area contributed by atoms with E-state index in [1.54, 1.807) is 29.4 Å². The minimum absolute atomic E-state index is 0.0833. The number of amides is 3. The molecule has 2 N–H and O–H groups in total. The molecule has 1 aromatic rings. The lowest BCUT2D eigenvalue weighted by atomic mass is 9.92. The van der Waals surface area contributed by atoms with Crippen LogP contribution in [0.2, 0.25) is 0 Å². The van der Waals surface area contributed by atoms with Gasteiger partial charge in [0.15, 0.2) is 0 Å². The van der Waals surface area contributed by atoms with Crippen molar-refractivity contribution in [3.8, 4) is 0 Å². The lowest BCUT2D eigenvalue weighted by Gasteiger charge is -2.46. The molecule has 132 valence electrons. The summed E-state index contributed by atoms with van der Waals surface area (Å²) in [5, 5.41) is 12.7. The molecule has 0 bridgehead atoms. The van der Waals surface area contributed by atoms with Gasteiger partial charge in [-0.25, -0.2) is 0 Å². The number of carbonyl (C=O) groups excluding carboxylic acids is 3. The molecule has 0 aliphatic carbocycles. The smallest absolute Gasteiger partial charge is 0.251 e. The predicted molar refractivity (Wildman–Crippen MR) is 86.4 cm³/mol. The van der Waals surface area contributed by atoms with Gasteiger partial charge in [0, 0.05) is 43.5 Å². The number of fused-ring (bicyclic) bond motifs is 2. The van der Waals surface area contributed by atoms with E-state index in [2.05, 4.69) is 10.3 Å². The van der Waals surface area contributed by atoms with Crippen LogP contribution in [-0.4, -0.2) is 74.9 Å². The van der Waals surface area contributed by atoms with Gasteiger partial charge >= 0.3 is 0 Å². The summed E-state index contributed by atoms with van der Waals surface area (Å²) in [5.41, 5.74) is 0.520. The van der Waals surface area contributed by atoms with E-state index >= 15 is 0 Å². The lowest BCUT2D eigenvalue weighted by molar-refractivity contribution is -0.161. The molecule has 3 saturated heterocycles. The van der Waals surface area contributed by atoms with Gasteiger partial charge in [0.1, 0.15) is 12.1 Å². The SMILES string of the molecule is O=C(N[C@@H]1CCN2C(=O)[C@@H]3C[C@@H](O)CN3C(=O)[C@@H]2C1)c1ccncc1. The molecule has 0 radical (unpaired) electrons. The summed E-state index contributed by atoms with van der Waals surface area (Å²) < 4.78 is 0. The molecule has 25 heavy (non-hydrogen) atoms. The van der Waals surface area contributed by atoms with Crippen molar-refractivity contribution in [1.82, 2.24) is 20.1 Å². The third-order valence-corrected chi connectivity index (χ3v) is 5.30. The van der Waals surface area contributed by atoms with E-state index in [0.29, 0.717) is 31.4 Å². The van der Waals surface area contributed by atoms with Crippen molar-refractivity contribution in [2.24, 2.45) is 0 Å². The van der Waals surface area contributed by atoms with Crippen LogP contribution in [0.5, 0.6) is 0 Å². The quantitative estimate of drug-likeness (QED) is 0.727. The maximum atomic E-state index is 12.7. The second-order valence-electron chi connectivity index (χ2n) is 6.87. The number of piperidine rings is 1. The first-order valence-electron chi connectivity index (χ1n) is 8.54. The average molecular weight is 344 g/mol. The van der Waals surface area contributed by atoms with E-state index in [-0.39, 0.29) is 30.3 Å². The van der Waals surface area contributed by atoms with Crippen LogP contribution in [0.3, 0.4) is 0 Å². The Labute approximate surface area is 144 Å². The predicted octanol–water partition coefficient (Wildman–Crippen LogP) is -0.854. The zero-order valence-corrected chi connectivity index (χ0v) is 13.7. The number of aliphatic hydroxyl groups is 1. The fourth-order valence-corrected chi connectivity index (χ4v) is 4.04. The zero-order valence-electron chi connectivity index (χ0n) is 13.7. The second kappa shape index (κ2) is 6.11. The van der Waals surface area contributed by atoms with Crippen molar-refractivity contribution in [3.63, 3.8) is 0 Å². The monoisotopic (exact) mass is 344 g/mol. The second-order valence-corrected chi connectivity index (χ2v) is 6.87. The number of aliphatic hydroxyl groups excluding tert-OH is 1. The Balaban J connectivity index is 1.46. The number of nitrogens with one attached hydrogen (secondary N) is 1. The maximum absolute atomic E-state index is 12.7. The number of aromatic nitrogens is 1. The van der Waals surface area contributed by atoms with Crippen LogP contribution in [0.15, 0.2) is 24.5 Å². The number of hydrogen-bond acceptors (Lipinski definition) is 5. The van der Waals surface area contributed by atoms with Crippen LogP contribution in [0.4, 0.5) is 0 Å². The summed E-state index contributed by atoms with van der Waals surface area (Å²) in [4.78, 5) is 44.7. The Hall–Kier alpha value is -2.48. The van der Waals surface area contributed by atoms with Crippen molar-refractivity contribution >= 4 is 17.7 Å². The van der Waals surface area contributed by atoms with Crippen molar-refractivity contribution in [1.29, 1.82) is 0 Å². The van der Waals surface area contributed by atoms with E-state index in [9.17, 15) is 19.5 Å². The average Bonchev–Trinajstić information content (AvgIpc) is 3.02. The number of carbonyl (C=O) groups is 3. The van der Waals surface area contributed by atoms with Crippen LogP contribution < -0.4 is 5.32 Å². The van der Waals surface area contributed by atoms with Crippen molar-refractivity contribution in [3.05, 3.63) is 30.1 Å². The first-order valence-corrected chi connectivity index (χ1v) is 8.54. The van der Waals surface area contributed by atoms with Crippen LogP contribution >= 0.6 is 0 Å². The number of piperazine rings is 1. The molecule has 0 unspecified atom stereocenters. The lowest BCUT2D eigenvalue weighted by Crippen LogP contribution is -2.66. The van der Waals surface area contributed by atoms with Gasteiger partial charge in [-0.3, -0.25) is 19.4 Å². The van der Waals surface area contributed by atoms with Crippen molar-refractivity contribution < 1.29 is 19.5 Å². The van der Waals surface area contributed by atoms with E-state index < -0.39 is 18.2 Å². The summed E-state index contributed by atoms with van der Waals surface area (Å²) in [6.45, 7) is 0.657. The number of pyridine rings is 1. The molecular formula is C17H20N4O4. The summed E-state index contributed by atoms with van der Waals surface area (Å²) >= 11 is 0. The van der Waals surface area contributed by atoms with E-state index in [0.717, 1.165) is 0 Å². The van der Waals surface area contributed by atoms with Gasteiger partial charge in [-0.05, 0) is 25.0 Å². The molecule has 4 heterocycles. The first kappa shape index (κ1) is 16.0. The zero-order chi connectivity index (χ0) is 17.6. The highest BCUT2D eigenvalue weighted by Crippen LogP contribution is 2.31. The molecule has 4 atom stereocenters. The fraction of sp³-hybridized carbons (Fsp3) is 0.529. The van der Waals surface area contributed by atoms with E-state index in [1.165, 1.54) is 4.90 Å². The third-order valence-electron chi connectivity index (χ3n) is 5.30. The van der Waals surface area contributed by atoms with Gasteiger partial charge in [-0.15, -0.1) is 0 Å². The Bertz CT molecular complexity index is 710. The highest BCUT2D eigenvalue weighted by atomic mass is 16.3. The van der Waals surface area contributed by atoms with Crippen LogP contribution in [-0.2, 0) is 9.59 Å². The topological polar surface area (TPSA) is 103 Å². The molecular weight excluding hydrogens is 324 g/mol. The molecule has 0 aromatic carbocycles. The normalized spacial score (nSPS) is 31.6. The largest absolute Gasteiger partial charge is 0.391 e. The number of rotatable bonds is 2. The molecule has 8 nitrogen and oxygen atoms in total. The minimum atomic E-state index is -0.638. The summed E-state index contributed by atoms with van der Waals surface area (Å²) in [5.74, 6) is -0.408. The third kappa shape index (κ3) is 2.76. The molecule has 4 rings (SSSR count). The van der Waals surface area contributed by atoms with Gasteiger partial charge in [0.25, 0.3) is 5.91 Å². The van der Waals surface area contributed by atoms with Gasteiger partial charge in [0.05, 0.1) is 6.10 Å². The first-order chi connectivity index (χ1) is 12.0. The van der Waals surface area contributed by atoms with Crippen LogP contribution in [0.1, 0.15) is 29.6 Å². The number of hydrogen-bond donors (Lipinski definition) is 2. The Morgan fingerprint density at radius 2 is 1.80 bits per heavy atom. The van der Waals surface area contributed by atoms with Gasteiger partial charge in [-0.2, -0.15) is 0 Å². The Kier molecular flexibility index (Phi) is 3.91. The Morgan fingerprint density at radius 3 is 2.56 bits per heavy atom. The maximum Gasteiger partial charge on any atom is 0.251 e. The highest BCUT2D eigenvalue weighted by molar-refractivity contribution is 5.98. The Morgan fingerprint density at radius 1 is 1.12 bits per heavy atom. The highest BCUT2D eigenvalue weighted by Gasteiger charge is 2.51. The molecule has 0 saturated carbocycles. The van der Waals surface area contributed by atoms with Crippen LogP contribution in [0, 0.1) is 0 Å². The summed E-state index contributed by atoms with van der Waals surface area (Å²) in [6.07, 6.45) is 3.80. The summed E-state index contributed by atoms with van der Waals surface area (Å²) in [7, 11) is 0. The van der Waals surface area contributed by atoms with Crippen molar-refractivity contribution in [2.45, 2.75) is 43.5 Å². The van der Waals surface area contributed by atoms with E-state index in [1.807, 2.05) is 0 Å². The van der Waals surface area contributed by atoms with Crippen molar-refractivity contribution in [2.75, 3.05) is 13.1 Å². The number of nitrogens with zero attached hydrogens (tertiary/aromatic N) is 3. The summed E-state index contributed by atoms with van der Waals surface area (Å²) in [6, 6.07) is 2.03. The molecule has 0 spiro atoms. The standard InChI is InChI=1S/C17H20N4O4/c22-12-8-14-16(24)20-6-3-11(7-13(20)17(25)21(14)9-12)19-15(23)10-1-4-18-5-2-10/h1-2,4-5,11-14,22H,3,6-9H2,(H,19,23)/t11-,12-,13+,14+/m1/s1. The minimum Gasteiger partial charge on any atom is -0.391 e. The molecule has 3 aliphatic heterocycles. The molecule has 3 amide bonds. The van der Waals surface area contributed by atoms with E-state index in [4.69, 9.17) is 0 Å². The fourth-order valence-electron chi connectivity index (χ4n) is 4.04. The van der Waals surface area contributed by atoms with Crippen LogP contribution in [0.25, 0.3) is 0 Å². The molecule has 8 heteroatoms. The molecule has 3 fully saturated rings. The molecule has 1 aromatic heterocycles.